The van der Waals surface area contributed by atoms with Gasteiger partial charge in [0.1, 0.15) is 0 Å². The van der Waals surface area contributed by atoms with Gasteiger partial charge in [-0.05, 0) is 49.2 Å². The number of nitrogens with one attached hydrogen (secondary N) is 2. The fourth-order valence-electron chi connectivity index (χ4n) is 2.63. The van der Waals surface area contributed by atoms with Gasteiger partial charge in [0.15, 0.2) is 0 Å². The van der Waals surface area contributed by atoms with Crippen molar-refractivity contribution in [3.63, 3.8) is 0 Å². The predicted molar refractivity (Wildman–Crippen MR) is 92.6 cm³/mol. The fourth-order valence-corrected chi connectivity index (χ4v) is 2.90. The predicted octanol–water partition coefficient (Wildman–Crippen LogP) is 4.82. The first-order valence-electron chi connectivity index (χ1n) is 7.28. The van der Waals surface area contributed by atoms with Gasteiger partial charge in [-0.15, -0.1) is 0 Å². The van der Waals surface area contributed by atoms with Crippen molar-refractivity contribution in [2.24, 2.45) is 0 Å². The van der Waals surface area contributed by atoms with E-state index >= 15 is 0 Å². The van der Waals surface area contributed by atoms with Crippen molar-refractivity contribution in [1.82, 2.24) is 10.3 Å². The molecule has 0 amide bonds. The van der Waals surface area contributed by atoms with Crippen molar-refractivity contribution < 1.29 is 0 Å². The highest BCUT2D eigenvalue weighted by molar-refractivity contribution is 9.10. The van der Waals surface area contributed by atoms with E-state index in [1.165, 1.54) is 22.0 Å². The first-order chi connectivity index (χ1) is 10.2. The Kier molecular flexibility index (Phi) is 4.42. The van der Waals surface area contributed by atoms with Crippen LogP contribution < -0.4 is 5.32 Å². The molecule has 2 aromatic carbocycles. The lowest BCUT2D eigenvalue weighted by molar-refractivity contribution is 0.577. The number of benzene rings is 2. The molecule has 0 aliphatic heterocycles. The smallest absolute Gasteiger partial charge is 0.0456 e. The van der Waals surface area contributed by atoms with E-state index in [0.29, 0.717) is 6.04 Å². The number of para-hydroxylation sites is 1. The van der Waals surface area contributed by atoms with E-state index < -0.39 is 0 Å². The standard InChI is InChI=1S/C18H19BrN2/c1-13(14-6-8-16(19)9-7-14)20-11-10-15-12-21-18-5-3-2-4-17(15)18/h2-9,12-13,20-21H,10-11H2,1H3. The quantitative estimate of drug-likeness (QED) is 0.683. The first-order valence-corrected chi connectivity index (χ1v) is 8.07. The summed E-state index contributed by atoms with van der Waals surface area (Å²) in [5, 5.41) is 4.92. The second kappa shape index (κ2) is 6.46. The summed E-state index contributed by atoms with van der Waals surface area (Å²) in [6.45, 7) is 3.18. The third-order valence-electron chi connectivity index (χ3n) is 3.89. The Hall–Kier alpha value is -1.58. The van der Waals surface area contributed by atoms with Gasteiger partial charge in [-0.1, -0.05) is 46.3 Å². The van der Waals surface area contributed by atoms with Gasteiger partial charge in [-0.2, -0.15) is 0 Å². The Bertz CT molecular complexity index is 715. The number of aromatic nitrogens is 1. The highest BCUT2D eigenvalue weighted by Gasteiger charge is 2.06. The third-order valence-corrected chi connectivity index (χ3v) is 4.42. The SMILES string of the molecule is CC(NCCc1c[nH]c2ccccc12)c1ccc(Br)cc1. The summed E-state index contributed by atoms with van der Waals surface area (Å²) in [5.41, 5.74) is 3.91. The summed E-state index contributed by atoms with van der Waals surface area (Å²) >= 11 is 3.47. The van der Waals surface area contributed by atoms with Gasteiger partial charge < -0.3 is 10.3 Å². The van der Waals surface area contributed by atoms with Gasteiger partial charge in [-0.25, -0.2) is 0 Å². The molecule has 0 bridgehead atoms. The van der Waals surface area contributed by atoms with Gasteiger partial charge in [-0.3, -0.25) is 0 Å². The van der Waals surface area contributed by atoms with Crippen LogP contribution in [0.15, 0.2) is 59.2 Å². The number of rotatable bonds is 5. The molecule has 108 valence electrons. The van der Waals surface area contributed by atoms with Crippen LogP contribution in [0.4, 0.5) is 0 Å². The average molecular weight is 343 g/mol. The third kappa shape index (κ3) is 3.36. The molecule has 0 fully saturated rings. The molecule has 2 nitrogen and oxygen atoms in total. The van der Waals surface area contributed by atoms with Crippen LogP contribution in [-0.4, -0.2) is 11.5 Å². The lowest BCUT2D eigenvalue weighted by Gasteiger charge is -2.14. The lowest BCUT2D eigenvalue weighted by atomic mass is 10.1. The molecule has 0 aliphatic rings. The van der Waals surface area contributed by atoms with Crippen LogP contribution in [0.25, 0.3) is 10.9 Å². The molecule has 3 aromatic rings. The Morgan fingerprint density at radius 1 is 1.10 bits per heavy atom. The van der Waals surface area contributed by atoms with Crippen LogP contribution in [0.2, 0.25) is 0 Å². The van der Waals surface area contributed by atoms with Crippen molar-refractivity contribution in [1.29, 1.82) is 0 Å². The summed E-state index contributed by atoms with van der Waals surface area (Å²) in [6.07, 6.45) is 3.15. The number of aromatic amines is 1. The molecule has 1 aromatic heterocycles. The minimum atomic E-state index is 0.364. The molecule has 0 saturated heterocycles. The van der Waals surface area contributed by atoms with Crippen molar-refractivity contribution in [3.8, 4) is 0 Å². The average Bonchev–Trinajstić information content (AvgIpc) is 2.91. The van der Waals surface area contributed by atoms with Crippen molar-refractivity contribution in [2.75, 3.05) is 6.54 Å². The van der Waals surface area contributed by atoms with E-state index in [0.717, 1.165) is 17.4 Å². The van der Waals surface area contributed by atoms with E-state index in [9.17, 15) is 0 Å². The fraction of sp³-hybridized carbons (Fsp3) is 0.222. The summed E-state index contributed by atoms with van der Waals surface area (Å²) in [6, 6.07) is 17.3. The zero-order chi connectivity index (χ0) is 14.7. The first kappa shape index (κ1) is 14.4. The minimum absolute atomic E-state index is 0.364. The monoisotopic (exact) mass is 342 g/mol. The Morgan fingerprint density at radius 3 is 2.67 bits per heavy atom. The van der Waals surface area contributed by atoms with Crippen LogP contribution in [0.3, 0.4) is 0 Å². The molecular formula is C18H19BrN2. The van der Waals surface area contributed by atoms with E-state index in [4.69, 9.17) is 0 Å². The zero-order valence-corrected chi connectivity index (χ0v) is 13.7. The van der Waals surface area contributed by atoms with Gasteiger partial charge >= 0.3 is 0 Å². The molecule has 1 unspecified atom stereocenters. The van der Waals surface area contributed by atoms with Crippen LogP contribution in [0.5, 0.6) is 0 Å². The molecule has 0 spiro atoms. The van der Waals surface area contributed by atoms with Crippen LogP contribution in [0.1, 0.15) is 24.1 Å². The normalized spacial score (nSPS) is 12.7. The Balaban J connectivity index is 1.59. The van der Waals surface area contributed by atoms with E-state index in [1.807, 2.05) is 0 Å². The van der Waals surface area contributed by atoms with Gasteiger partial charge in [0.2, 0.25) is 0 Å². The number of H-pyrrole nitrogens is 1. The van der Waals surface area contributed by atoms with Crippen molar-refractivity contribution in [3.05, 3.63) is 70.3 Å². The molecule has 21 heavy (non-hydrogen) atoms. The molecule has 1 atom stereocenters. The largest absolute Gasteiger partial charge is 0.361 e. The molecule has 2 N–H and O–H groups in total. The summed E-state index contributed by atoms with van der Waals surface area (Å²) in [4.78, 5) is 3.33. The maximum Gasteiger partial charge on any atom is 0.0456 e. The maximum absolute atomic E-state index is 3.59. The number of hydrogen-bond acceptors (Lipinski definition) is 1. The molecule has 1 heterocycles. The molecule has 0 radical (unpaired) electrons. The van der Waals surface area contributed by atoms with E-state index in [2.05, 4.69) is 87.9 Å². The van der Waals surface area contributed by atoms with Gasteiger partial charge in [0, 0.05) is 27.6 Å². The topological polar surface area (TPSA) is 27.8 Å². The van der Waals surface area contributed by atoms with Crippen LogP contribution in [0, 0.1) is 0 Å². The van der Waals surface area contributed by atoms with Crippen LogP contribution in [-0.2, 0) is 6.42 Å². The Labute approximate surface area is 133 Å². The van der Waals surface area contributed by atoms with Gasteiger partial charge in [0.05, 0.1) is 0 Å². The summed E-state index contributed by atoms with van der Waals surface area (Å²) in [5.74, 6) is 0. The number of hydrogen-bond donors (Lipinski definition) is 2. The number of halogens is 1. The highest BCUT2D eigenvalue weighted by atomic mass is 79.9. The molecule has 3 rings (SSSR count). The van der Waals surface area contributed by atoms with E-state index in [-0.39, 0.29) is 0 Å². The Morgan fingerprint density at radius 2 is 1.86 bits per heavy atom. The lowest BCUT2D eigenvalue weighted by Crippen LogP contribution is -2.21. The maximum atomic E-state index is 3.59. The summed E-state index contributed by atoms with van der Waals surface area (Å²) < 4.78 is 1.12. The van der Waals surface area contributed by atoms with Crippen LogP contribution >= 0.6 is 15.9 Å². The second-order valence-electron chi connectivity index (χ2n) is 5.34. The highest BCUT2D eigenvalue weighted by Crippen LogP contribution is 2.19. The van der Waals surface area contributed by atoms with Crippen molar-refractivity contribution >= 4 is 26.8 Å². The molecule has 3 heteroatoms. The zero-order valence-electron chi connectivity index (χ0n) is 12.1. The van der Waals surface area contributed by atoms with Crippen molar-refractivity contribution in [2.45, 2.75) is 19.4 Å². The second-order valence-corrected chi connectivity index (χ2v) is 6.25. The van der Waals surface area contributed by atoms with E-state index in [1.54, 1.807) is 0 Å². The number of fused-ring (bicyclic) bond motifs is 1. The van der Waals surface area contributed by atoms with Gasteiger partial charge in [0.25, 0.3) is 0 Å². The molecular weight excluding hydrogens is 324 g/mol. The molecule has 0 aliphatic carbocycles. The molecule has 0 saturated carbocycles. The summed E-state index contributed by atoms with van der Waals surface area (Å²) in [7, 11) is 0. The minimum Gasteiger partial charge on any atom is -0.361 e.